The van der Waals surface area contributed by atoms with E-state index in [4.69, 9.17) is 5.26 Å². The van der Waals surface area contributed by atoms with E-state index < -0.39 is 0 Å². The van der Waals surface area contributed by atoms with Gasteiger partial charge in [0.05, 0.1) is 11.6 Å². The minimum absolute atomic E-state index is 0.0435. The molecule has 0 atom stereocenters. The van der Waals surface area contributed by atoms with Crippen molar-refractivity contribution in [2.75, 3.05) is 0 Å². The summed E-state index contributed by atoms with van der Waals surface area (Å²) in [6, 6.07) is 6.48. The molecule has 0 saturated carbocycles. The summed E-state index contributed by atoms with van der Waals surface area (Å²) in [6.07, 6.45) is 0. The third-order valence-electron chi connectivity index (χ3n) is 2.40. The summed E-state index contributed by atoms with van der Waals surface area (Å²) in [7, 11) is 0. The maximum atomic E-state index is 9.10. The lowest BCUT2D eigenvalue weighted by molar-refractivity contribution is 0.587. The van der Waals surface area contributed by atoms with Crippen LogP contribution in [-0.2, 0) is 5.41 Å². The van der Waals surface area contributed by atoms with Crippen LogP contribution < -0.4 is 0 Å². The summed E-state index contributed by atoms with van der Waals surface area (Å²) < 4.78 is 0. The molecule has 0 N–H and O–H groups in total. The number of nitriles is 1. The van der Waals surface area contributed by atoms with Crippen LogP contribution in [0.5, 0.6) is 0 Å². The lowest BCUT2D eigenvalue weighted by Crippen LogP contribution is -2.14. The monoisotopic (exact) mass is 187 g/mol. The Labute approximate surface area is 86.4 Å². The Hall–Kier alpha value is -1.29. The Bertz CT molecular complexity index is 389. The van der Waals surface area contributed by atoms with Crippen molar-refractivity contribution in [1.82, 2.24) is 0 Å². The van der Waals surface area contributed by atoms with Crippen LogP contribution in [0.2, 0.25) is 0 Å². The van der Waals surface area contributed by atoms with Gasteiger partial charge in [-0.3, -0.25) is 0 Å². The first-order valence-electron chi connectivity index (χ1n) is 4.88. The Morgan fingerprint density at radius 3 is 2.14 bits per heavy atom. The summed E-state index contributed by atoms with van der Waals surface area (Å²) >= 11 is 0. The lowest BCUT2D eigenvalue weighted by atomic mass is 9.82. The third kappa shape index (κ3) is 1.96. The molecule has 1 rings (SSSR count). The standard InChI is InChI=1S/C13H17N/c1-9-6-10(2)11(8-14)12(7-9)13(3,4)5/h6-7H,1-5H3. The molecule has 0 aliphatic carbocycles. The quantitative estimate of drug-likeness (QED) is 0.610. The van der Waals surface area contributed by atoms with Gasteiger partial charge in [-0.25, -0.2) is 0 Å². The van der Waals surface area contributed by atoms with Crippen LogP contribution in [0.15, 0.2) is 12.1 Å². The summed E-state index contributed by atoms with van der Waals surface area (Å²) in [5, 5.41) is 9.10. The van der Waals surface area contributed by atoms with E-state index >= 15 is 0 Å². The molecule has 14 heavy (non-hydrogen) atoms. The number of hydrogen-bond donors (Lipinski definition) is 0. The lowest BCUT2D eigenvalue weighted by Gasteiger charge is -2.22. The minimum Gasteiger partial charge on any atom is -0.192 e. The fraction of sp³-hybridized carbons (Fsp3) is 0.462. The smallest absolute Gasteiger partial charge is 0.0997 e. The van der Waals surface area contributed by atoms with Gasteiger partial charge in [0.2, 0.25) is 0 Å². The van der Waals surface area contributed by atoms with Gasteiger partial charge >= 0.3 is 0 Å². The molecular formula is C13H17N. The largest absolute Gasteiger partial charge is 0.192 e. The molecule has 0 heterocycles. The molecule has 1 aromatic rings. The van der Waals surface area contributed by atoms with E-state index in [1.54, 1.807) is 0 Å². The molecule has 1 nitrogen and oxygen atoms in total. The molecule has 0 unspecified atom stereocenters. The highest BCUT2D eigenvalue weighted by Crippen LogP contribution is 2.28. The Morgan fingerprint density at radius 2 is 1.71 bits per heavy atom. The zero-order valence-electron chi connectivity index (χ0n) is 9.60. The summed E-state index contributed by atoms with van der Waals surface area (Å²) in [4.78, 5) is 0. The predicted octanol–water partition coefficient (Wildman–Crippen LogP) is 3.47. The average molecular weight is 187 g/mol. The molecule has 0 fully saturated rings. The van der Waals surface area contributed by atoms with E-state index in [1.165, 1.54) is 5.56 Å². The number of hydrogen-bond acceptors (Lipinski definition) is 1. The Balaban J connectivity index is 3.50. The second-order valence-corrected chi connectivity index (χ2v) is 4.87. The van der Waals surface area contributed by atoms with Gasteiger partial charge in [0.15, 0.2) is 0 Å². The van der Waals surface area contributed by atoms with Gasteiger partial charge in [0, 0.05) is 0 Å². The summed E-state index contributed by atoms with van der Waals surface area (Å²) in [6.45, 7) is 10.5. The highest BCUT2D eigenvalue weighted by Gasteiger charge is 2.19. The normalized spacial score (nSPS) is 11.1. The van der Waals surface area contributed by atoms with Crippen LogP contribution in [0.4, 0.5) is 0 Å². The number of rotatable bonds is 0. The molecule has 0 spiro atoms. The van der Waals surface area contributed by atoms with Crippen molar-refractivity contribution in [2.24, 2.45) is 0 Å². The van der Waals surface area contributed by atoms with E-state index in [0.717, 1.165) is 16.7 Å². The van der Waals surface area contributed by atoms with Crippen molar-refractivity contribution in [3.05, 3.63) is 34.4 Å². The van der Waals surface area contributed by atoms with Gasteiger partial charge in [-0.05, 0) is 30.4 Å². The van der Waals surface area contributed by atoms with Crippen LogP contribution in [0, 0.1) is 25.2 Å². The highest BCUT2D eigenvalue weighted by atomic mass is 14.3. The minimum atomic E-state index is 0.0435. The van der Waals surface area contributed by atoms with Crippen LogP contribution in [-0.4, -0.2) is 0 Å². The first kappa shape index (κ1) is 10.8. The zero-order chi connectivity index (χ0) is 10.9. The van der Waals surface area contributed by atoms with Gasteiger partial charge in [-0.1, -0.05) is 38.5 Å². The number of benzene rings is 1. The highest BCUT2D eigenvalue weighted by molar-refractivity contribution is 5.48. The molecule has 0 aliphatic rings. The van der Waals surface area contributed by atoms with Crippen LogP contribution in [0.1, 0.15) is 43.0 Å². The number of aryl methyl sites for hydroxylation is 2. The summed E-state index contributed by atoms with van der Waals surface area (Å²) in [5.74, 6) is 0. The SMILES string of the molecule is Cc1cc(C)c(C#N)c(C(C)(C)C)c1. The predicted molar refractivity (Wildman–Crippen MR) is 59.3 cm³/mol. The molecule has 0 radical (unpaired) electrons. The van der Waals surface area contributed by atoms with E-state index in [2.05, 4.69) is 45.9 Å². The van der Waals surface area contributed by atoms with Crippen molar-refractivity contribution in [3.63, 3.8) is 0 Å². The average Bonchev–Trinajstić information content (AvgIpc) is 2.01. The molecule has 0 aromatic heterocycles. The van der Waals surface area contributed by atoms with Crippen molar-refractivity contribution < 1.29 is 0 Å². The van der Waals surface area contributed by atoms with Crippen LogP contribution in [0.25, 0.3) is 0 Å². The molecule has 1 heteroatoms. The maximum absolute atomic E-state index is 9.10. The van der Waals surface area contributed by atoms with E-state index in [0.29, 0.717) is 0 Å². The van der Waals surface area contributed by atoms with E-state index in [1.807, 2.05) is 6.92 Å². The van der Waals surface area contributed by atoms with Gasteiger partial charge in [0.1, 0.15) is 0 Å². The molecule has 74 valence electrons. The molecule has 0 aliphatic heterocycles. The third-order valence-corrected chi connectivity index (χ3v) is 2.40. The molecule has 0 amide bonds. The van der Waals surface area contributed by atoms with Gasteiger partial charge < -0.3 is 0 Å². The van der Waals surface area contributed by atoms with E-state index in [9.17, 15) is 0 Å². The second-order valence-electron chi connectivity index (χ2n) is 4.87. The van der Waals surface area contributed by atoms with Crippen molar-refractivity contribution in [3.8, 4) is 6.07 Å². The van der Waals surface area contributed by atoms with Crippen molar-refractivity contribution >= 4 is 0 Å². The fourth-order valence-corrected chi connectivity index (χ4v) is 1.71. The molecule has 0 saturated heterocycles. The molecule has 0 bridgehead atoms. The molecular weight excluding hydrogens is 170 g/mol. The first-order valence-corrected chi connectivity index (χ1v) is 4.88. The van der Waals surface area contributed by atoms with Gasteiger partial charge in [-0.2, -0.15) is 5.26 Å². The van der Waals surface area contributed by atoms with Crippen molar-refractivity contribution in [1.29, 1.82) is 5.26 Å². The van der Waals surface area contributed by atoms with Crippen LogP contribution in [0.3, 0.4) is 0 Å². The second kappa shape index (κ2) is 3.46. The topological polar surface area (TPSA) is 23.8 Å². The van der Waals surface area contributed by atoms with Gasteiger partial charge in [-0.15, -0.1) is 0 Å². The number of nitrogens with zero attached hydrogens (tertiary/aromatic N) is 1. The molecule has 1 aromatic carbocycles. The summed E-state index contributed by atoms with van der Waals surface area (Å²) in [5.41, 5.74) is 4.34. The van der Waals surface area contributed by atoms with Gasteiger partial charge in [0.25, 0.3) is 0 Å². The fourth-order valence-electron chi connectivity index (χ4n) is 1.71. The first-order chi connectivity index (χ1) is 6.36. The van der Waals surface area contributed by atoms with Crippen molar-refractivity contribution in [2.45, 2.75) is 40.0 Å². The maximum Gasteiger partial charge on any atom is 0.0997 e. The Morgan fingerprint density at radius 1 is 1.14 bits per heavy atom. The Kier molecular flexibility index (Phi) is 2.66. The van der Waals surface area contributed by atoms with Crippen LogP contribution >= 0.6 is 0 Å². The van der Waals surface area contributed by atoms with E-state index in [-0.39, 0.29) is 5.41 Å². The zero-order valence-corrected chi connectivity index (χ0v) is 9.60.